The van der Waals surface area contributed by atoms with Crippen molar-refractivity contribution in [1.82, 2.24) is 19.6 Å². The third-order valence-corrected chi connectivity index (χ3v) is 7.08. The molecule has 5 nitrogen and oxygen atoms in total. The van der Waals surface area contributed by atoms with Crippen LogP contribution < -0.4 is 0 Å². The molecule has 0 radical (unpaired) electrons. The maximum Gasteiger partial charge on any atom is 0.249 e. The molecular formula is C26H36N4O. The molecule has 0 spiro atoms. The van der Waals surface area contributed by atoms with E-state index in [1.165, 1.54) is 11.1 Å². The summed E-state index contributed by atoms with van der Waals surface area (Å²) in [6.45, 7) is 4.76. The first-order valence-electron chi connectivity index (χ1n) is 11.7. The molecule has 4 rings (SSSR count). The number of nitrogens with zero attached hydrogens (tertiary/aromatic N) is 4. The van der Waals surface area contributed by atoms with Gasteiger partial charge in [0.2, 0.25) is 5.91 Å². The van der Waals surface area contributed by atoms with Gasteiger partial charge in [0.15, 0.2) is 0 Å². The summed E-state index contributed by atoms with van der Waals surface area (Å²) < 4.78 is 1.91. The topological polar surface area (TPSA) is 41.4 Å². The lowest BCUT2D eigenvalue weighted by atomic mass is 9.84. The highest BCUT2D eigenvalue weighted by Gasteiger charge is 2.32. The van der Waals surface area contributed by atoms with Crippen molar-refractivity contribution in [2.24, 2.45) is 13.0 Å². The second-order valence-electron chi connectivity index (χ2n) is 9.34. The van der Waals surface area contributed by atoms with E-state index < -0.39 is 0 Å². The molecule has 31 heavy (non-hydrogen) atoms. The Kier molecular flexibility index (Phi) is 6.91. The highest BCUT2D eigenvalue weighted by molar-refractivity contribution is 5.93. The van der Waals surface area contributed by atoms with Crippen LogP contribution in [0.2, 0.25) is 0 Å². The summed E-state index contributed by atoms with van der Waals surface area (Å²) in [6.07, 6.45) is 10.6. The number of likely N-dealkylation sites (tertiary alicyclic amines) is 1. The van der Waals surface area contributed by atoms with E-state index in [9.17, 15) is 4.79 Å². The Labute approximate surface area is 186 Å². The Hall–Kier alpha value is -2.40. The van der Waals surface area contributed by atoms with Gasteiger partial charge in [0, 0.05) is 50.1 Å². The van der Waals surface area contributed by atoms with Crippen LogP contribution in [0.25, 0.3) is 0 Å². The summed E-state index contributed by atoms with van der Waals surface area (Å²) in [5, 5.41) is 4.53. The van der Waals surface area contributed by atoms with Crippen molar-refractivity contribution in [1.29, 1.82) is 0 Å². The van der Waals surface area contributed by atoms with E-state index in [4.69, 9.17) is 0 Å². The number of benzene rings is 1. The summed E-state index contributed by atoms with van der Waals surface area (Å²) in [7, 11) is 4.24. The molecule has 1 atom stereocenters. The highest BCUT2D eigenvalue weighted by Crippen LogP contribution is 2.29. The molecule has 0 N–H and O–H groups in total. The Balaban J connectivity index is 1.45. The van der Waals surface area contributed by atoms with Gasteiger partial charge in [-0.3, -0.25) is 14.4 Å². The zero-order chi connectivity index (χ0) is 21.8. The molecule has 0 saturated carbocycles. The molecule has 1 aliphatic carbocycles. The lowest BCUT2D eigenvalue weighted by Crippen LogP contribution is -2.46. The molecule has 1 saturated heterocycles. The van der Waals surface area contributed by atoms with E-state index in [0.717, 1.165) is 69.4 Å². The molecule has 1 fully saturated rings. The van der Waals surface area contributed by atoms with E-state index in [-0.39, 0.29) is 5.91 Å². The third kappa shape index (κ3) is 5.27. The summed E-state index contributed by atoms with van der Waals surface area (Å²) >= 11 is 0. The van der Waals surface area contributed by atoms with Gasteiger partial charge in [0.05, 0.1) is 5.69 Å². The zero-order valence-corrected chi connectivity index (χ0v) is 19.3. The fourth-order valence-corrected chi connectivity index (χ4v) is 5.28. The van der Waals surface area contributed by atoms with Crippen LogP contribution in [0.3, 0.4) is 0 Å². The molecule has 166 valence electrons. The highest BCUT2D eigenvalue weighted by atomic mass is 16.2. The van der Waals surface area contributed by atoms with Crippen LogP contribution in [0, 0.1) is 12.8 Å². The maximum atomic E-state index is 12.8. The number of allylic oxidation sites excluding steroid dienone is 1. The Bertz CT molecular complexity index is 909. The number of hydrogen-bond acceptors (Lipinski definition) is 3. The number of piperidine rings is 1. The van der Waals surface area contributed by atoms with Gasteiger partial charge < -0.3 is 4.90 Å². The first kappa shape index (κ1) is 21.8. The molecule has 1 aromatic carbocycles. The summed E-state index contributed by atoms with van der Waals surface area (Å²) in [5.41, 5.74) is 4.84. The molecule has 1 unspecified atom stereocenters. The number of rotatable bonds is 7. The van der Waals surface area contributed by atoms with Crippen LogP contribution in [0.4, 0.5) is 0 Å². The standard InChI is InChI=1S/C26H36N4O/c1-20-24(19-29(3)27-20)18-28(2)25(17-21-9-5-4-6-10-21)22-13-15-30(16-14-22)26(31)23-11-7-8-12-23/h4-6,9-11,19,22,25H,7-8,12-18H2,1-3H3. The van der Waals surface area contributed by atoms with E-state index in [1.807, 2.05) is 11.7 Å². The molecule has 1 amide bonds. The third-order valence-electron chi connectivity index (χ3n) is 7.08. The van der Waals surface area contributed by atoms with Crippen LogP contribution in [-0.2, 0) is 24.8 Å². The van der Waals surface area contributed by atoms with Crippen molar-refractivity contribution < 1.29 is 4.79 Å². The Morgan fingerprint density at radius 1 is 1.23 bits per heavy atom. The fourth-order valence-electron chi connectivity index (χ4n) is 5.28. The van der Waals surface area contributed by atoms with E-state index in [1.54, 1.807) is 0 Å². The summed E-state index contributed by atoms with van der Waals surface area (Å²) in [5.74, 6) is 0.874. The molecular weight excluding hydrogens is 384 g/mol. The number of carbonyl (C=O) groups is 1. The van der Waals surface area contributed by atoms with Crippen LogP contribution in [-0.4, -0.2) is 51.7 Å². The average Bonchev–Trinajstić information content (AvgIpc) is 3.42. The smallest absolute Gasteiger partial charge is 0.249 e. The van der Waals surface area contributed by atoms with Gasteiger partial charge in [-0.1, -0.05) is 36.4 Å². The predicted octanol–water partition coefficient (Wildman–Crippen LogP) is 4.12. The average molecular weight is 421 g/mol. The van der Waals surface area contributed by atoms with Gasteiger partial charge in [-0.15, -0.1) is 0 Å². The van der Waals surface area contributed by atoms with Crippen molar-refractivity contribution in [3.8, 4) is 0 Å². The van der Waals surface area contributed by atoms with Crippen molar-refractivity contribution in [3.63, 3.8) is 0 Å². The van der Waals surface area contributed by atoms with Gasteiger partial charge in [0.1, 0.15) is 0 Å². The summed E-state index contributed by atoms with van der Waals surface area (Å²) in [4.78, 5) is 17.4. The molecule has 1 aliphatic heterocycles. The molecule has 2 aliphatic rings. The van der Waals surface area contributed by atoms with Crippen LogP contribution in [0.15, 0.2) is 48.2 Å². The first-order chi connectivity index (χ1) is 15.0. The maximum absolute atomic E-state index is 12.8. The van der Waals surface area contributed by atoms with Crippen LogP contribution in [0.1, 0.15) is 48.9 Å². The molecule has 2 heterocycles. The van der Waals surface area contributed by atoms with E-state index in [2.05, 4.69) is 71.5 Å². The quantitative estimate of drug-likeness (QED) is 0.677. The first-order valence-corrected chi connectivity index (χ1v) is 11.7. The molecule has 1 aromatic heterocycles. The number of likely N-dealkylation sites (N-methyl/N-ethyl adjacent to an activating group) is 1. The minimum absolute atomic E-state index is 0.287. The lowest BCUT2D eigenvalue weighted by molar-refractivity contribution is -0.128. The number of hydrogen-bond donors (Lipinski definition) is 0. The predicted molar refractivity (Wildman–Crippen MR) is 125 cm³/mol. The Morgan fingerprint density at radius 3 is 2.58 bits per heavy atom. The fraction of sp³-hybridized carbons (Fsp3) is 0.538. The molecule has 5 heteroatoms. The normalized spacial score (nSPS) is 18.5. The largest absolute Gasteiger partial charge is 0.339 e. The van der Waals surface area contributed by atoms with Crippen molar-refractivity contribution in [2.45, 2.75) is 58.0 Å². The van der Waals surface area contributed by atoms with Crippen molar-refractivity contribution in [2.75, 3.05) is 20.1 Å². The second-order valence-corrected chi connectivity index (χ2v) is 9.34. The SMILES string of the molecule is Cc1nn(C)cc1CN(C)C(Cc1ccccc1)C1CCN(C(=O)C2=CCCC2)CC1. The number of aromatic nitrogens is 2. The number of amides is 1. The second kappa shape index (κ2) is 9.82. The monoisotopic (exact) mass is 420 g/mol. The lowest BCUT2D eigenvalue weighted by Gasteiger charge is -2.40. The summed E-state index contributed by atoms with van der Waals surface area (Å²) in [6, 6.07) is 11.3. The van der Waals surface area contributed by atoms with E-state index in [0.29, 0.717) is 12.0 Å². The molecule has 2 aromatic rings. The minimum Gasteiger partial charge on any atom is -0.339 e. The van der Waals surface area contributed by atoms with Gasteiger partial charge >= 0.3 is 0 Å². The van der Waals surface area contributed by atoms with Crippen molar-refractivity contribution in [3.05, 3.63) is 65.0 Å². The van der Waals surface area contributed by atoms with Crippen molar-refractivity contribution >= 4 is 5.91 Å². The zero-order valence-electron chi connectivity index (χ0n) is 19.3. The molecule has 0 bridgehead atoms. The Morgan fingerprint density at radius 2 is 1.97 bits per heavy atom. The van der Waals surface area contributed by atoms with Gasteiger partial charge in [-0.25, -0.2) is 0 Å². The van der Waals surface area contributed by atoms with Gasteiger partial charge in [-0.05, 0) is 64.0 Å². The number of carbonyl (C=O) groups excluding carboxylic acids is 1. The van der Waals surface area contributed by atoms with E-state index >= 15 is 0 Å². The van der Waals surface area contributed by atoms with Gasteiger partial charge in [0.25, 0.3) is 0 Å². The number of aryl methyl sites for hydroxylation is 2. The van der Waals surface area contributed by atoms with Crippen LogP contribution in [0.5, 0.6) is 0 Å². The van der Waals surface area contributed by atoms with Crippen LogP contribution >= 0.6 is 0 Å². The van der Waals surface area contributed by atoms with Gasteiger partial charge in [-0.2, -0.15) is 5.10 Å². The minimum atomic E-state index is 0.287.